The molecular formula is C8H5Cl3. The predicted molar refractivity (Wildman–Crippen MR) is 48.9 cm³/mol. The maximum Gasteiger partial charge on any atom is 0.166 e. The van der Waals surface area contributed by atoms with E-state index in [-0.39, 0.29) is 0 Å². The van der Waals surface area contributed by atoms with E-state index in [0.29, 0.717) is 0 Å². The van der Waals surface area contributed by atoms with Gasteiger partial charge in [0, 0.05) is 0 Å². The smallest absolute Gasteiger partial charge is 0.111 e. The number of hydrogen-bond acceptors (Lipinski definition) is 0. The fraction of sp³-hybridized carbons (Fsp3) is 0.125. The van der Waals surface area contributed by atoms with Crippen LogP contribution >= 0.6 is 34.8 Å². The lowest BCUT2D eigenvalue weighted by molar-refractivity contribution is 1.07. The Morgan fingerprint density at radius 1 is 1.09 bits per heavy atom. The summed E-state index contributed by atoms with van der Waals surface area (Å²) in [6, 6.07) is 9.12. The maximum atomic E-state index is 5.77. The van der Waals surface area contributed by atoms with Crippen molar-refractivity contribution in [2.24, 2.45) is 0 Å². The van der Waals surface area contributed by atoms with E-state index < -0.39 is 4.33 Å². The quantitative estimate of drug-likeness (QED) is 0.650. The maximum absolute atomic E-state index is 5.77. The second-order valence-corrected chi connectivity index (χ2v) is 3.55. The van der Waals surface area contributed by atoms with E-state index >= 15 is 0 Å². The molecule has 0 bridgehead atoms. The van der Waals surface area contributed by atoms with Crippen molar-refractivity contribution in [2.45, 2.75) is 4.33 Å². The summed E-state index contributed by atoms with van der Waals surface area (Å²) in [4.78, 5) is 0. The highest BCUT2D eigenvalue weighted by molar-refractivity contribution is 6.52. The van der Waals surface area contributed by atoms with Gasteiger partial charge < -0.3 is 0 Å². The topological polar surface area (TPSA) is 0 Å². The van der Waals surface area contributed by atoms with Crippen molar-refractivity contribution in [3.05, 3.63) is 41.8 Å². The molecule has 2 radical (unpaired) electrons. The van der Waals surface area contributed by atoms with Crippen LogP contribution in [-0.4, -0.2) is 0 Å². The predicted octanol–water partition coefficient (Wildman–Crippen LogP) is 3.59. The first-order valence-electron chi connectivity index (χ1n) is 2.98. The van der Waals surface area contributed by atoms with Crippen LogP contribution in [0.15, 0.2) is 30.3 Å². The Morgan fingerprint density at radius 3 is 2.09 bits per heavy atom. The number of rotatable bonds is 2. The first kappa shape index (κ1) is 9.18. The molecule has 0 N–H and O–H groups in total. The minimum Gasteiger partial charge on any atom is -0.111 e. The van der Waals surface area contributed by atoms with Gasteiger partial charge in [-0.05, 0) is 5.56 Å². The van der Waals surface area contributed by atoms with Crippen LogP contribution in [0.3, 0.4) is 0 Å². The Bertz CT molecular complexity index is 218. The van der Waals surface area contributed by atoms with Crippen LogP contribution in [0.5, 0.6) is 0 Å². The molecule has 58 valence electrons. The van der Waals surface area contributed by atoms with Gasteiger partial charge in [0.15, 0.2) is 4.33 Å². The molecule has 0 aromatic heterocycles. The summed E-state index contributed by atoms with van der Waals surface area (Å²) in [7, 11) is 0. The zero-order valence-corrected chi connectivity index (χ0v) is 7.79. The van der Waals surface area contributed by atoms with Gasteiger partial charge in [0.05, 0.1) is 0 Å². The SMILES string of the molecule is Cl[C]C(Cl)(Cl)c1ccccc1. The molecule has 1 aromatic carbocycles. The van der Waals surface area contributed by atoms with Crippen LogP contribution in [-0.2, 0) is 4.33 Å². The first-order chi connectivity index (χ1) is 5.17. The van der Waals surface area contributed by atoms with E-state index in [1.165, 1.54) is 0 Å². The minimum atomic E-state index is -1.21. The largest absolute Gasteiger partial charge is 0.166 e. The molecule has 0 aliphatic carbocycles. The monoisotopic (exact) mass is 206 g/mol. The zero-order valence-electron chi connectivity index (χ0n) is 5.52. The summed E-state index contributed by atoms with van der Waals surface area (Å²) in [5.41, 5.74) is 0.721. The second kappa shape index (κ2) is 3.66. The molecule has 0 nitrogen and oxygen atoms in total. The molecular weight excluding hydrogens is 202 g/mol. The van der Waals surface area contributed by atoms with Gasteiger partial charge in [0.2, 0.25) is 0 Å². The molecule has 0 atom stereocenters. The van der Waals surface area contributed by atoms with E-state index in [1.54, 1.807) is 12.1 Å². The van der Waals surface area contributed by atoms with Gasteiger partial charge in [-0.25, -0.2) is 0 Å². The van der Waals surface area contributed by atoms with Crippen molar-refractivity contribution in [1.82, 2.24) is 0 Å². The van der Waals surface area contributed by atoms with Crippen LogP contribution in [0.25, 0.3) is 0 Å². The van der Waals surface area contributed by atoms with Crippen molar-refractivity contribution in [2.75, 3.05) is 0 Å². The third-order valence-corrected chi connectivity index (χ3v) is 2.36. The first-order valence-corrected chi connectivity index (χ1v) is 4.11. The second-order valence-electron chi connectivity index (χ2n) is 2.03. The zero-order chi connectivity index (χ0) is 8.32. The van der Waals surface area contributed by atoms with E-state index in [2.05, 4.69) is 5.88 Å². The minimum absolute atomic E-state index is 0.721. The summed E-state index contributed by atoms with van der Waals surface area (Å²) < 4.78 is -1.21. The summed E-state index contributed by atoms with van der Waals surface area (Å²) >= 11 is 16.9. The highest BCUT2D eigenvalue weighted by Crippen LogP contribution is 2.37. The third-order valence-electron chi connectivity index (χ3n) is 1.26. The lowest BCUT2D eigenvalue weighted by Crippen LogP contribution is -2.06. The third kappa shape index (κ3) is 2.26. The number of alkyl halides is 2. The fourth-order valence-electron chi connectivity index (χ4n) is 0.702. The molecule has 0 fully saturated rings. The summed E-state index contributed by atoms with van der Waals surface area (Å²) in [5, 5.41) is 0. The number of halogens is 3. The molecule has 11 heavy (non-hydrogen) atoms. The van der Waals surface area contributed by atoms with E-state index in [9.17, 15) is 0 Å². The molecule has 0 unspecified atom stereocenters. The number of benzene rings is 1. The lowest BCUT2D eigenvalue weighted by Gasteiger charge is -2.14. The average molecular weight is 207 g/mol. The molecule has 0 saturated carbocycles. The van der Waals surface area contributed by atoms with Crippen molar-refractivity contribution in [3.8, 4) is 0 Å². The van der Waals surface area contributed by atoms with Crippen LogP contribution in [0.1, 0.15) is 5.56 Å². The van der Waals surface area contributed by atoms with Gasteiger partial charge in [-0.15, -0.1) is 11.6 Å². The van der Waals surface area contributed by atoms with Gasteiger partial charge >= 0.3 is 0 Å². The standard InChI is InChI=1S/C8H5Cl3/c9-6-8(10,11)7-4-2-1-3-5-7/h1-5H. The average Bonchev–Trinajstić information content (AvgIpc) is 2.06. The van der Waals surface area contributed by atoms with Gasteiger partial charge in [0.25, 0.3) is 0 Å². The molecule has 3 heteroatoms. The molecule has 0 spiro atoms. The van der Waals surface area contributed by atoms with Crippen LogP contribution in [0, 0.1) is 5.88 Å². The van der Waals surface area contributed by atoms with Gasteiger partial charge in [0.1, 0.15) is 5.88 Å². The Labute approximate surface area is 81.1 Å². The number of hydrogen-bond donors (Lipinski definition) is 0. The van der Waals surface area contributed by atoms with Crippen molar-refractivity contribution in [1.29, 1.82) is 0 Å². The Hall–Kier alpha value is 0.0900. The molecule has 0 aliphatic heterocycles. The van der Waals surface area contributed by atoms with Crippen LogP contribution in [0.2, 0.25) is 0 Å². The summed E-state index contributed by atoms with van der Waals surface area (Å²) in [6.07, 6.45) is 0. The summed E-state index contributed by atoms with van der Waals surface area (Å²) in [5.74, 6) is 2.26. The van der Waals surface area contributed by atoms with E-state index in [1.807, 2.05) is 18.2 Å². The van der Waals surface area contributed by atoms with Crippen LogP contribution < -0.4 is 0 Å². The van der Waals surface area contributed by atoms with Gasteiger partial charge in [-0.2, -0.15) is 0 Å². The van der Waals surface area contributed by atoms with E-state index in [0.717, 1.165) is 5.56 Å². The Balaban J connectivity index is 2.93. The normalized spacial score (nSPS) is 11.5. The molecule has 0 aliphatic rings. The summed E-state index contributed by atoms with van der Waals surface area (Å²) in [6.45, 7) is 0. The molecule has 1 rings (SSSR count). The Morgan fingerprint density at radius 2 is 1.64 bits per heavy atom. The highest BCUT2D eigenvalue weighted by atomic mass is 35.5. The van der Waals surface area contributed by atoms with E-state index in [4.69, 9.17) is 34.8 Å². The van der Waals surface area contributed by atoms with Crippen molar-refractivity contribution >= 4 is 34.8 Å². The fourth-order valence-corrected chi connectivity index (χ4v) is 1.06. The Kier molecular flexibility index (Phi) is 3.06. The van der Waals surface area contributed by atoms with Crippen molar-refractivity contribution < 1.29 is 0 Å². The molecule has 1 aromatic rings. The van der Waals surface area contributed by atoms with Crippen molar-refractivity contribution in [3.63, 3.8) is 0 Å². The molecule has 0 amide bonds. The lowest BCUT2D eigenvalue weighted by atomic mass is 10.2. The highest BCUT2D eigenvalue weighted by Gasteiger charge is 2.25. The van der Waals surface area contributed by atoms with Crippen LogP contribution in [0.4, 0.5) is 0 Å². The van der Waals surface area contributed by atoms with Gasteiger partial charge in [-0.3, -0.25) is 0 Å². The molecule has 0 heterocycles. The molecule has 0 saturated heterocycles. The van der Waals surface area contributed by atoms with Gasteiger partial charge in [-0.1, -0.05) is 53.5 Å².